The molecule has 1 heterocycles. The van der Waals surface area contributed by atoms with Crippen LogP contribution in [0, 0.1) is 0 Å². The van der Waals surface area contributed by atoms with E-state index >= 15 is 0 Å². The van der Waals surface area contributed by atoms with Crippen LogP contribution in [-0.2, 0) is 14.3 Å². The molecule has 6 nitrogen and oxygen atoms in total. The van der Waals surface area contributed by atoms with E-state index in [1.54, 1.807) is 23.8 Å². The minimum Gasteiger partial charge on any atom is -0.383 e. The van der Waals surface area contributed by atoms with Crippen molar-refractivity contribution in [1.29, 1.82) is 0 Å². The molecule has 0 aromatic heterocycles. The molecule has 2 amide bonds. The quantitative estimate of drug-likeness (QED) is 0.654. The lowest BCUT2D eigenvalue weighted by atomic mass is 10.2. The van der Waals surface area contributed by atoms with Gasteiger partial charge >= 0.3 is 0 Å². The second-order valence-corrected chi connectivity index (χ2v) is 6.16. The predicted molar refractivity (Wildman–Crippen MR) is 91.9 cm³/mol. The fourth-order valence-electron chi connectivity index (χ4n) is 2.29. The van der Waals surface area contributed by atoms with Crippen LogP contribution in [0.2, 0.25) is 0 Å². The zero-order valence-electron chi connectivity index (χ0n) is 13.3. The van der Waals surface area contributed by atoms with Gasteiger partial charge in [-0.1, -0.05) is 12.1 Å². The number of para-hydroxylation sites is 1. The first-order chi connectivity index (χ1) is 11.2. The van der Waals surface area contributed by atoms with Crippen molar-refractivity contribution in [3.8, 4) is 0 Å². The van der Waals surface area contributed by atoms with Crippen LogP contribution < -0.4 is 15.5 Å². The average molecular weight is 337 g/mol. The molecule has 0 fully saturated rings. The van der Waals surface area contributed by atoms with Crippen LogP contribution in [0.3, 0.4) is 0 Å². The molecule has 2 rings (SSSR count). The highest BCUT2D eigenvalue weighted by Gasteiger charge is 2.24. The van der Waals surface area contributed by atoms with Gasteiger partial charge in [-0.15, -0.1) is 11.8 Å². The Balaban J connectivity index is 1.73. The molecule has 23 heavy (non-hydrogen) atoms. The number of carbonyl (C=O) groups is 2. The Labute approximate surface area is 140 Å². The molecule has 0 atom stereocenters. The second-order valence-electron chi connectivity index (χ2n) is 5.14. The molecule has 1 aliphatic heterocycles. The number of nitrogens with zero attached hydrogens (tertiary/aromatic N) is 1. The van der Waals surface area contributed by atoms with Gasteiger partial charge in [0.25, 0.3) is 0 Å². The summed E-state index contributed by atoms with van der Waals surface area (Å²) in [5.74, 6) is 0.451. The van der Waals surface area contributed by atoms with Crippen molar-refractivity contribution >= 4 is 29.3 Å². The maximum Gasteiger partial charge on any atom is 0.237 e. The number of fused-ring (bicyclic) bond motifs is 1. The highest BCUT2D eigenvalue weighted by molar-refractivity contribution is 8.00. The van der Waals surface area contributed by atoms with Gasteiger partial charge in [0.1, 0.15) is 0 Å². The van der Waals surface area contributed by atoms with E-state index in [0.717, 1.165) is 17.1 Å². The molecular formula is C16H23N3O3S. The summed E-state index contributed by atoms with van der Waals surface area (Å²) in [6, 6.07) is 7.81. The third kappa shape index (κ3) is 5.53. The Bertz CT molecular complexity index is 539. The molecule has 7 heteroatoms. The summed E-state index contributed by atoms with van der Waals surface area (Å²) < 4.78 is 4.92. The van der Waals surface area contributed by atoms with E-state index < -0.39 is 0 Å². The van der Waals surface area contributed by atoms with Crippen molar-refractivity contribution in [2.45, 2.75) is 11.3 Å². The number of hydrogen-bond acceptors (Lipinski definition) is 5. The number of anilines is 1. The Kier molecular flexibility index (Phi) is 7.38. The number of ether oxygens (including phenoxy) is 1. The molecule has 0 spiro atoms. The van der Waals surface area contributed by atoms with Gasteiger partial charge in [0.05, 0.1) is 18.0 Å². The van der Waals surface area contributed by atoms with Gasteiger partial charge in [-0.05, 0) is 12.1 Å². The van der Waals surface area contributed by atoms with Crippen LogP contribution in [0.5, 0.6) is 0 Å². The third-order valence-corrected chi connectivity index (χ3v) is 4.53. The fraction of sp³-hybridized carbons (Fsp3) is 0.500. The van der Waals surface area contributed by atoms with Crippen molar-refractivity contribution in [1.82, 2.24) is 10.6 Å². The molecule has 0 saturated heterocycles. The first kappa shape index (κ1) is 17.8. The van der Waals surface area contributed by atoms with Crippen LogP contribution >= 0.6 is 11.8 Å². The Morgan fingerprint density at radius 1 is 1.30 bits per heavy atom. The van der Waals surface area contributed by atoms with E-state index in [9.17, 15) is 9.59 Å². The molecule has 0 radical (unpaired) electrons. The number of methoxy groups -OCH3 is 1. The second kappa shape index (κ2) is 9.54. The Morgan fingerprint density at radius 2 is 2.13 bits per heavy atom. The minimum absolute atomic E-state index is 0.0398. The summed E-state index contributed by atoms with van der Waals surface area (Å²) in [5, 5.41) is 6.01. The molecule has 1 aliphatic rings. The molecule has 0 bridgehead atoms. The zero-order chi connectivity index (χ0) is 16.5. The number of amides is 2. The van der Waals surface area contributed by atoms with E-state index in [4.69, 9.17) is 4.74 Å². The van der Waals surface area contributed by atoms with Crippen molar-refractivity contribution in [2.75, 3.05) is 50.5 Å². The number of rotatable bonds is 9. The predicted octanol–water partition coefficient (Wildman–Crippen LogP) is 0.868. The lowest BCUT2D eigenvalue weighted by Gasteiger charge is -2.28. The van der Waals surface area contributed by atoms with Crippen molar-refractivity contribution in [2.24, 2.45) is 0 Å². The maximum atomic E-state index is 12.1. The summed E-state index contributed by atoms with van der Waals surface area (Å²) in [6.45, 7) is 3.12. The van der Waals surface area contributed by atoms with E-state index in [1.165, 1.54) is 0 Å². The number of hydrogen-bond donors (Lipinski definition) is 2. The number of benzene rings is 1. The van der Waals surface area contributed by atoms with Crippen LogP contribution in [0.25, 0.3) is 0 Å². The maximum absolute atomic E-state index is 12.1. The monoisotopic (exact) mass is 337 g/mol. The first-order valence-corrected chi connectivity index (χ1v) is 8.69. The van der Waals surface area contributed by atoms with Gasteiger partial charge in [-0.2, -0.15) is 0 Å². The van der Waals surface area contributed by atoms with Gasteiger partial charge in [-0.25, -0.2) is 0 Å². The summed E-state index contributed by atoms with van der Waals surface area (Å²) in [5.41, 5.74) is 0.905. The van der Waals surface area contributed by atoms with Crippen molar-refractivity contribution < 1.29 is 14.3 Å². The van der Waals surface area contributed by atoms with Crippen molar-refractivity contribution in [3.63, 3.8) is 0 Å². The van der Waals surface area contributed by atoms with Gasteiger partial charge in [-0.3, -0.25) is 9.59 Å². The van der Waals surface area contributed by atoms with Gasteiger partial charge in [0, 0.05) is 44.6 Å². The van der Waals surface area contributed by atoms with Crippen LogP contribution in [0.4, 0.5) is 5.69 Å². The Hall–Kier alpha value is -1.57. The lowest BCUT2D eigenvalue weighted by Crippen LogP contribution is -2.39. The molecule has 0 unspecified atom stereocenters. The topological polar surface area (TPSA) is 70.7 Å². The number of nitrogens with one attached hydrogen (secondary N) is 2. The molecule has 1 aromatic rings. The van der Waals surface area contributed by atoms with Crippen molar-refractivity contribution in [3.05, 3.63) is 24.3 Å². The van der Waals surface area contributed by atoms with Crippen LogP contribution in [0.15, 0.2) is 29.2 Å². The lowest BCUT2D eigenvalue weighted by molar-refractivity contribution is -0.121. The fourth-order valence-corrected chi connectivity index (χ4v) is 3.23. The van der Waals surface area contributed by atoms with E-state index in [0.29, 0.717) is 38.4 Å². The van der Waals surface area contributed by atoms with E-state index in [1.807, 2.05) is 24.3 Å². The van der Waals surface area contributed by atoms with E-state index in [2.05, 4.69) is 10.6 Å². The van der Waals surface area contributed by atoms with Gasteiger partial charge in [0.2, 0.25) is 11.8 Å². The van der Waals surface area contributed by atoms with Crippen LogP contribution in [-0.4, -0.2) is 57.5 Å². The largest absolute Gasteiger partial charge is 0.383 e. The molecule has 126 valence electrons. The molecule has 2 N–H and O–H groups in total. The highest BCUT2D eigenvalue weighted by Crippen LogP contribution is 2.34. The SMILES string of the molecule is COCCNCCNC(=O)CCN1C(=O)CSc2ccccc21. The van der Waals surface area contributed by atoms with Crippen LogP contribution in [0.1, 0.15) is 6.42 Å². The average Bonchev–Trinajstić information content (AvgIpc) is 2.57. The summed E-state index contributed by atoms with van der Waals surface area (Å²) in [6.07, 6.45) is 0.308. The molecule has 0 aliphatic carbocycles. The molecular weight excluding hydrogens is 314 g/mol. The van der Waals surface area contributed by atoms with Gasteiger partial charge in [0.15, 0.2) is 0 Å². The first-order valence-electron chi connectivity index (χ1n) is 7.71. The molecule has 0 saturated carbocycles. The Morgan fingerprint density at radius 3 is 2.96 bits per heavy atom. The standard InChI is InChI=1S/C16H23N3O3S/c1-22-11-9-17-7-8-18-15(20)6-10-19-13-4-2-3-5-14(13)23-12-16(19)21/h2-5,17H,6-12H2,1H3,(H,18,20). The molecule has 1 aromatic carbocycles. The summed E-state index contributed by atoms with van der Waals surface area (Å²) in [7, 11) is 1.65. The van der Waals surface area contributed by atoms with E-state index in [-0.39, 0.29) is 11.8 Å². The summed E-state index contributed by atoms with van der Waals surface area (Å²) in [4.78, 5) is 26.8. The third-order valence-electron chi connectivity index (χ3n) is 3.48. The number of thioether (sulfide) groups is 1. The smallest absolute Gasteiger partial charge is 0.237 e. The normalized spacial score (nSPS) is 13.8. The minimum atomic E-state index is -0.0398. The zero-order valence-corrected chi connectivity index (χ0v) is 14.2. The van der Waals surface area contributed by atoms with Gasteiger partial charge < -0.3 is 20.3 Å². The highest BCUT2D eigenvalue weighted by atomic mass is 32.2. The number of carbonyl (C=O) groups excluding carboxylic acids is 2. The summed E-state index contributed by atoms with van der Waals surface area (Å²) >= 11 is 1.55.